The molecule has 0 bridgehead atoms. The van der Waals surface area contributed by atoms with Gasteiger partial charge in [-0.15, -0.1) is 0 Å². The maximum absolute atomic E-state index is 12.0. The molecule has 0 fully saturated rings. The first-order valence-electron chi connectivity index (χ1n) is 7.79. The van der Waals surface area contributed by atoms with E-state index in [2.05, 4.69) is 5.32 Å². The summed E-state index contributed by atoms with van der Waals surface area (Å²) >= 11 is 0. The second-order valence-corrected chi connectivity index (χ2v) is 5.45. The lowest BCUT2D eigenvalue weighted by Crippen LogP contribution is -2.21. The number of nitrogens with zero attached hydrogens (tertiary/aromatic N) is 1. The Bertz CT molecular complexity index is 880. The highest BCUT2D eigenvalue weighted by Gasteiger charge is 2.17. The number of methoxy groups -OCH3 is 2. The Morgan fingerprint density at radius 2 is 1.85 bits per heavy atom. The number of rotatable bonds is 7. The van der Waals surface area contributed by atoms with Crippen molar-refractivity contribution in [3.63, 3.8) is 0 Å². The van der Waals surface area contributed by atoms with Crippen LogP contribution in [-0.4, -0.2) is 37.6 Å². The fourth-order valence-corrected chi connectivity index (χ4v) is 2.24. The second-order valence-electron chi connectivity index (χ2n) is 5.45. The van der Waals surface area contributed by atoms with Crippen LogP contribution in [0.3, 0.4) is 0 Å². The highest BCUT2D eigenvalue weighted by Crippen LogP contribution is 2.29. The fraction of sp³-hybridized carbons (Fsp3) is 0.222. The first kappa shape index (κ1) is 19.7. The van der Waals surface area contributed by atoms with Crippen molar-refractivity contribution in [2.24, 2.45) is 0 Å². The van der Waals surface area contributed by atoms with Gasteiger partial charge >= 0.3 is 5.97 Å². The summed E-state index contributed by atoms with van der Waals surface area (Å²) in [6, 6.07) is 8.76. The smallest absolute Gasteiger partial charge is 0.338 e. The minimum atomic E-state index is -0.838. The highest BCUT2D eigenvalue weighted by atomic mass is 16.6. The molecule has 0 aliphatic rings. The van der Waals surface area contributed by atoms with Crippen LogP contribution in [-0.2, 0) is 9.53 Å². The number of hydrogen-bond donors (Lipinski definition) is 1. The second kappa shape index (κ2) is 8.65. The maximum atomic E-state index is 12.0. The predicted octanol–water partition coefficient (Wildman–Crippen LogP) is 2.72. The molecule has 0 unspecified atom stereocenters. The van der Waals surface area contributed by atoms with E-state index < -0.39 is 23.4 Å². The SMILES string of the molecule is COc1ccc(NC(=O)COC(=O)c2ccc(C)c([N+](=O)[O-])c2)c(OC)c1. The van der Waals surface area contributed by atoms with Crippen molar-refractivity contribution in [1.82, 2.24) is 0 Å². The average molecular weight is 374 g/mol. The normalized spacial score (nSPS) is 10.0. The van der Waals surface area contributed by atoms with Crippen LogP contribution in [0.4, 0.5) is 11.4 Å². The van der Waals surface area contributed by atoms with E-state index in [0.717, 1.165) is 6.07 Å². The van der Waals surface area contributed by atoms with E-state index in [4.69, 9.17) is 14.2 Å². The molecule has 1 N–H and O–H groups in total. The van der Waals surface area contributed by atoms with Crippen molar-refractivity contribution in [2.45, 2.75) is 6.92 Å². The summed E-state index contributed by atoms with van der Waals surface area (Å²) in [5, 5.41) is 13.5. The molecule has 0 saturated heterocycles. The molecule has 1 amide bonds. The van der Waals surface area contributed by atoms with E-state index in [-0.39, 0.29) is 11.3 Å². The van der Waals surface area contributed by atoms with E-state index in [1.807, 2.05) is 0 Å². The summed E-state index contributed by atoms with van der Waals surface area (Å²) in [5.74, 6) is -0.496. The molecular formula is C18H18N2O7. The van der Waals surface area contributed by atoms with Crippen LogP contribution in [0.5, 0.6) is 11.5 Å². The molecule has 2 aromatic carbocycles. The summed E-state index contributed by atoms with van der Waals surface area (Å²) in [5.41, 5.74) is 0.588. The fourth-order valence-electron chi connectivity index (χ4n) is 2.24. The number of amides is 1. The maximum Gasteiger partial charge on any atom is 0.338 e. The van der Waals surface area contributed by atoms with Gasteiger partial charge in [-0.1, -0.05) is 6.07 Å². The standard InChI is InChI=1S/C18H18N2O7/c1-11-4-5-12(8-15(11)20(23)24)18(22)27-10-17(21)19-14-7-6-13(25-2)9-16(14)26-3/h4-9H,10H2,1-3H3,(H,19,21). The van der Waals surface area contributed by atoms with Gasteiger partial charge in [0.05, 0.1) is 30.4 Å². The topological polar surface area (TPSA) is 117 Å². The Morgan fingerprint density at radius 3 is 2.48 bits per heavy atom. The number of anilines is 1. The monoisotopic (exact) mass is 374 g/mol. The van der Waals surface area contributed by atoms with E-state index in [9.17, 15) is 19.7 Å². The van der Waals surface area contributed by atoms with Gasteiger partial charge in [-0.3, -0.25) is 14.9 Å². The van der Waals surface area contributed by atoms with Crippen LogP contribution < -0.4 is 14.8 Å². The van der Waals surface area contributed by atoms with Crippen LogP contribution in [0.15, 0.2) is 36.4 Å². The van der Waals surface area contributed by atoms with E-state index in [1.165, 1.54) is 26.4 Å². The lowest BCUT2D eigenvalue weighted by atomic mass is 10.1. The van der Waals surface area contributed by atoms with Crippen molar-refractivity contribution in [2.75, 3.05) is 26.1 Å². The summed E-state index contributed by atoms with van der Waals surface area (Å²) in [6.45, 7) is 0.999. The Kier molecular flexibility index (Phi) is 6.32. The third-order valence-corrected chi connectivity index (χ3v) is 3.66. The number of esters is 1. The molecule has 0 aliphatic carbocycles. The number of hydrogen-bond acceptors (Lipinski definition) is 7. The van der Waals surface area contributed by atoms with E-state index in [1.54, 1.807) is 25.1 Å². The summed E-state index contributed by atoms with van der Waals surface area (Å²) in [6.07, 6.45) is 0. The van der Waals surface area contributed by atoms with Crippen LogP contribution in [0.1, 0.15) is 15.9 Å². The quantitative estimate of drug-likeness (QED) is 0.450. The van der Waals surface area contributed by atoms with Crippen molar-refractivity contribution in [3.05, 3.63) is 57.6 Å². The lowest BCUT2D eigenvalue weighted by Gasteiger charge is -2.12. The molecule has 2 aromatic rings. The molecule has 2 rings (SSSR count). The minimum absolute atomic E-state index is 0.0119. The van der Waals surface area contributed by atoms with Gasteiger partial charge in [0.25, 0.3) is 11.6 Å². The number of nitro groups is 1. The zero-order valence-electron chi connectivity index (χ0n) is 15.0. The van der Waals surface area contributed by atoms with E-state index >= 15 is 0 Å². The number of aryl methyl sites for hydroxylation is 1. The molecular weight excluding hydrogens is 356 g/mol. The zero-order valence-corrected chi connectivity index (χ0v) is 15.0. The number of benzene rings is 2. The van der Waals surface area contributed by atoms with Crippen LogP contribution in [0.25, 0.3) is 0 Å². The minimum Gasteiger partial charge on any atom is -0.497 e. The van der Waals surface area contributed by atoms with Gasteiger partial charge in [0.2, 0.25) is 0 Å². The van der Waals surface area contributed by atoms with Gasteiger partial charge in [0, 0.05) is 17.7 Å². The molecule has 0 radical (unpaired) electrons. The molecule has 9 heteroatoms. The molecule has 0 aliphatic heterocycles. The van der Waals surface area contributed by atoms with Gasteiger partial charge < -0.3 is 19.5 Å². The lowest BCUT2D eigenvalue weighted by molar-refractivity contribution is -0.385. The zero-order chi connectivity index (χ0) is 20.0. The molecule has 0 aromatic heterocycles. The van der Waals surface area contributed by atoms with Crippen LogP contribution >= 0.6 is 0 Å². The van der Waals surface area contributed by atoms with Gasteiger partial charge in [0.1, 0.15) is 11.5 Å². The van der Waals surface area contributed by atoms with Gasteiger partial charge in [0.15, 0.2) is 6.61 Å². The highest BCUT2D eigenvalue weighted by molar-refractivity contribution is 5.96. The number of ether oxygens (including phenoxy) is 3. The molecule has 27 heavy (non-hydrogen) atoms. The van der Waals surface area contributed by atoms with Crippen molar-refractivity contribution in [3.8, 4) is 11.5 Å². The van der Waals surface area contributed by atoms with Gasteiger partial charge in [-0.2, -0.15) is 0 Å². The third-order valence-electron chi connectivity index (χ3n) is 3.66. The molecule has 9 nitrogen and oxygen atoms in total. The largest absolute Gasteiger partial charge is 0.497 e. The van der Waals surface area contributed by atoms with Crippen LogP contribution in [0, 0.1) is 17.0 Å². The predicted molar refractivity (Wildman–Crippen MR) is 96.3 cm³/mol. The van der Waals surface area contributed by atoms with Crippen molar-refractivity contribution in [1.29, 1.82) is 0 Å². The Balaban J connectivity index is 2.00. The summed E-state index contributed by atoms with van der Waals surface area (Å²) in [4.78, 5) is 34.4. The molecule has 0 atom stereocenters. The van der Waals surface area contributed by atoms with Crippen LogP contribution in [0.2, 0.25) is 0 Å². The average Bonchev–Trinajstić information content (AvgIpc) is 2.66. The Labute approximate surface area is 155 Å². The first-order valence-corrected chi connectivity index (χ1v) is 7.79. The number of nitrogens with one attached hydrogen (secondary N) is 1. The molecule has 142 valence electrons. The first-order chi connectivity index (χ1) is 12.8. The number of carbonyl (C=O) groups excluding carboxylic acids is 2. The van der Waals surface area contributed by atoms with Crippen molar-refractivity contribution >= 4 is 23.3 Å². The van der Waals surface area contributed by atoms with Gasteiger partial charge in [-0.05, 0) is 25.1 Å². The molecule has 0 saturated carbocycles. The molecule has 0 spiro atoms. The summed E-state index contributed by atoms with van der Waals surface area (Å²) < 4.78 is 15.1. The number of nitro benzene ring substituents is 1. The Hall–Kier alpha value is -3.62. The van der Waals surface area contributed by atoms with Crippen molar-refractivity contribution < 1.29 is 28.7 Å². The summed E-state index contributed by atoms with van der Waals surface area (Å²) in [7, 11) is 2.94. The third kappa shape index (κ3) is 4.94. The Morgan fingerprint density at radius 1 is 1.11 bits per heavy atom. The van der Waals surface area contributed by atoms with Gasteiger partial charge in [-0.25, -0.2) is 4.79 Å². The molecule has 0 heterocycles. The van der Waals surface area contributed by atoms with E-state index in [0.29, 0.717) is 22.7 Å². The number of carbonyl (C=O) groups is 2.